The quantitative estimate of drug-likeness (QED) is 0.181. The minimum absolute atomic E-state index is 0.962. The van der Waals surface area contributed by atoms with Gasteiger partial charge in [0.05, 0.1) is 32.6 Å². The lowest BCUT2D eigenvalue weighted by molar-refractivity contribution is 1.32. The summed E-state index contributed by atoms with van der Waals surface area (Å²) < 4.78 is 3.58. The molecule has 0 fully saturated rings. The summed E-state index contributed by atoms with van der Waals surface area (Å²) in [6.45, 7) is 0. The van der Waals surface area contributed by atoms with Crippen molar-refractivity contribution in [2.45, 2.75) is 0 Å². The first-order chi connectivity index (χ1) is 23.8. The molecule has 0 saturated heterocycles. The summed E-state index contributed by atoms with van der Waals surface area (Å²) in [5.41, 5.74) is 12.2. The average molecular weight is 630 g/mol. The molecule has 0 amide bonds. The zero-order valence-corrected chi connectivity index (χ0v) is 26.7. The molecule has 7 aromatic carbocycles. The maximum Gasteiger partial charge on any atom is 0.195 e. The van der Waals surface area contributed by atoms with Gasteiger partial charge in [-0.1, -0.05) is 139 Å². The van der Waals surface area contributed by atoms with Crippen molar-refractivity contribution in [3.8, 4) is 44.8 Å². The molecule has 0 N–H and O–H groups in total. The smallest absolute Gasteiger partial charge is 0.195 e. The van der Waals surface area contributed by atoms with Crippen molar-refractivity contribution in [1.29, 1.82) is 0 Å². The van der Waals surface area contributed by atoms with Crippen LogP contribution in [0.4, 0.5) is 0 Å². The maximum absolute atomic E-state index is 5.13. The van der Waals surface area contributed by atoms with E-state index in [0.717, 1.165) is 44.1 Å². The molecule has 0 unspecified atom stereocenters. The van der Waals surface area contributed by atoms with E-state index in [1.54, 1.807) is 11.3 Å². The van der Waals surface area contributed by atoms with Crippen LogP contribution in [0.2, 0.25) is 0 Å². The number of rotatable bonds is 4. The highest BCUT2D eigenvalue weighted by Crippen LogP contribution is 2.40. The van der Waals surface area contributed by atoms with Crippen LogP contribution in [-0.4, -0.2) is 14.4 Å². The van der Waals surface area contributed by atoms with Crippen LogP contribution in [0.15, 0.2) is 164 Å². The standard InChI is InChI=1S/C44H27N3S/c1-3-9-28(10-4-1)35-26-38(31-11-5-2-6-12-31)45-39(27-35)32-19-15-29(16-20-32)34-22-18-30-17-21-33-23-24-41-43(42(33)36(30)25-34)48-44-46-37-13-7-8-14-40(37)47(41)44/h1-27H. The molecule has 3 aromatic heterocycles. The molecule has 224 valence electrons. The topological polar surface area (TPSA) is 30.2 Å². The molecule has 3 heterocycles. The van der Waals surface area contributed by atoms with E-state index >= 15 is 0 Å². The third kappa shape index (κ3) is 4.34. The number of para-hydroxylation sites is 2. The predicted octanol–water partition coefficient (Wildman–Crippen LogP) is 12.1. The van der Waals surface area contributed by atoms with E-state index in [4.69, 9.17) is 9.97 Å². The van der Waals surface area contributed by atoms with Gasteiger partial charge in [0.15, 0.2) is 4.96 Å². The number of nitrogens with zero attached hydrogens (tertiary/aromatic N) is 3. The van der Waals surface area contributed by atoms with Crippen molar-refractivity contribution in [3.63, 3.8) is 0 Å². The molecule has 3 nitrogen and oxygen atoms in total. The number of imidazole rings is 1. The molecule has 0 radical (unpaired) electrons. The molecule has 0 aliphatic rings. The first-order valence-electron chi connectivity index (χ1n) is 16.2. The Labute approximate surface area is 281 Å². The van der Waals surface area contributed by atoms with E-state index < -0.39 is 0 Å². The van der Waals surface area contributed by atoms with Crippen LogP contribution < -0.4 is 0 Å². The Morgan fingerprint density at radius 2 is 1.00 bits per heavy atom. The van der Waals surface area contributed by atoms with E-state index in [1.807, 2.05) is 6.07 Å². The Bertz CT molecular complexity index is 2760. The summed E-state index contributed by atoms with van der Waals surface area (Å²) in [6, 6.07) is 58.4. The lowest BCUT2D eigenvalue weighted by Gasteiger charge is -2.11. The van der Waals surface area contributed by atoms with Crippen molar-refractivity contribution in [2.75, 3.05) is 0 Å². The van der Waals surface area contributed by atoms with Crippen molar-refractivity contribution in [3.05, 3.63) is 164 Å². The largest absolute Gasteiger partial charge is 0.283 e. The summed E-state index contributed by atoms with van der Waals surface area (Å²) in [6.07, 6.45) is 0. The van der Waals surface area contributed by atoms with Gasteiger partial charge < -0.3 is 0 Å². The summed E-state index contributed by atoms with van der Waals surface area (Å²) in [7, 11) is 0. The Morgan fingerprint density at radius 3 is 1.79 bits per heavy atom. The molecular weight excluding hydrogens is 603 g/mol. The van der Waals surface area contributed by atoms with Crippen molar-refractivity contribution < 1.29 is 0 Å². The number of aromatic nitrogens is 3. The minimum Gasteiger partial charge on any atom is -0.283 e. The van der Waals surface area contributed by atoms with Crippen LogP contribution in [0.25, 0.3) is 92.5 Å². The van der Waals surface area contributed by atoms with Gasteiger partial charge in [-0.15, -0.1) is 0 Å². The van der Waals surface area contributed by atoms with Crippen molar-refractivity contribution >= 4 is 59.1 Å². The average Bonchev–Trinajstić information content (AvgIpc) is 3.71. The van der Waals surface area contributed by atoms with E-state index in [9.17, 15) is 0 Å². The molecule has 0 atom stereocenters. The van der Waals surface area contributed by atoms with Crippen molar-refractivity contribution in [1.82, 2.24) is 14.4 Å². The van der Waals surface area contributed by atoms with Gasteiger partial charge in [0.25, 0.3) is 0 Å². The van der Waals surface area contributed by atoms with Crippen LogP contribution in [0.1, 0.15) is 0 Å². The highest BCUT2D eigenvalue weighted by Gasteiger charge is 2.16. The molecule has 0 aliphatic carbocycles. The molecule has 4 heteroatoms. The lowest BCUT2D eigenvalue weighted by Crippen LogP contribution is -1.91. The Balaban J connectivity index is 1.09. The SMILES string of the molecule is c1ccc(-c2cc(-c3ccccc3)nc(-c3ccc(-c4ccc5ccc6ccc7c(sc8nc9ccccc9n87)c6c5c4)cc3)c2)cc1. The van der Waals surface area contributed by atoms with Gasteiger partial charge in [-0.25, -0.2) is 9.97 Å². The maximum atomic E-state index is 5.13. The monoisotopic (exact) mass is 629 g/mol. The summed E-state index contributed by atoms with van der Waals surface area (Å²) in [4.78, 5) is 11.1. The second-order valence-corrected chi connectivity index (χ2v) is 13.2. The lowest BCUT2D eigenvalue weighted by atomic mass is 9.95. The fraction of sp³-hybridized carbons (Fsp3) is 0. The fourth-order valence-electron chi connectivity index (χ4n) is 7.02. The number of pyridine rings is 1. The van der Waals surface area contributed by atoms with Crippen LogP contribution in [-0.2, 0) is 0 Å². The molecule has 0 spiro atoms. The van der Waals surface area contributed by atoms with Crippen LogP contribution in [0.3, 0.4) is 0 Å². The van der Waals surface area contributed by atoms with E-state index in [1.165, 1.54) is 48.5 Å². The number of benzene rings is 7. The Kier molecular flexibility index (Phi) is 6.05. The minimum atomic E-state index is 0.962. The first-order valence-corrected chi connectivity index (χ1v) is 17.0. The van der Waals surface area contributed by atoms with Crippen LogP contribution >= 0.6 is 11.3 Å². The zero-order valence-electron chi connectivity index (χ0n) is 25.8. The third-order valence-electron chi connectivity index (χ3n) is 9.41. The van der Waals surface area contributed by atoms with Crippen LogP contribution in [0, 0.1) is 0 Å². The second kappa shape index (κ2) is 10.7. The zero-order chi connectivity index (χ0) is 31.6. The molecule has 0 saturated carbocycles. The number of hydrogen-bond donors (Lipinski definition) is 0. The molecule has 48 heavy (non-hydrogen) atoms. The number of fused-ring (bicyclic) bond motifs is 9. The summed E-state index contributed by atoms with van der Waals surface area (Å²) in [5, 5.41) is 5.04. The van der Waals surface area contributed by atoms with E-state index in [0.29, 0.717) is 0 Å². The van der Waals surface area contributed by atoms with Gasteiger partial charge >= 0.3 is 0 Å². The summed E-state index contributed by atoms with van der Waals surface area (Å²) in [5.74, 6) is 0. The van der Waals surface area contributed by atoms with E-state index in [-0.39, 0.29) is 0 Å². The summed E-state index contributed by atoms with van der Waals surface area (Å²) >= 11 is 1.78. The number of thiazole rings is 1. The van der Waals surface area contributed by atoms with Gasteiger partial charge in [0.1, 0.15) is 0 Å². The molecular formula is C44H27N3S. The molecule has 0 aliphatic heterocycles. The number of hydrogen-bond acceptors (Lipinski definition) is 3. The second-order valence-electron chi connectivity index (χ2n) is 12.3. The van der Waals surface area contributed by atoms with Crippen molar-refractivity contribution in [2.24, 2.45) is 0 Å². The fourth-order valence-corrected chi connectivity index (χ4v) is 8.23. The first kappa shape index (κ1) is 27.1. The Hall–Kier alpha value is -6.10. The van der Waals surface area contributed by atoms with Gasteiger partial charge in [-0.2, -0.15) is 0 Å². The third-order valence-corrected chi connectivity index (χ3v) is 10.5. The Morgan fingerprint density at radius 1 is 0.417 bits per heavy atom. The molecule has 10 aromatic rings. The normalized spacial score (nSPS) is 11.8. The highest BCUT2D eigenvalue weighted by atomic mass is 32.1. The van der Waals surface area contributed by atoms with Crippen LogP contribution in [0.5, 0.6) is 0 Å². The van der Waals surface area contributed by atoms with Gasteiger partial charge in [0.2, 0.25) is 0 Å². The van der Waals surface area contributed by atoms with E-state index in [2.05, 4.69) is 162 Å². The molecule has 10 rings (SSSR count). The van der Waals surface area contributed by atoms with Gasteiger partial charge in [-0.05, 0) is 74.8 Å². The van der Waals surface area contributed by atoms with Gasteiger partial charge in [-0.3, -0.25) is 4.40 Å². The molecule has 0 bridgehead atoms. The predicted molar refractivity (Wildman–Crippen MR) is 203 cm³/mol. The highest BCUT2D eigenvalue weighted by molar-refractivity contribution is 7.24. The van der Waals surface area contributed by atoms with Gasteiger partial charge in [0, 0.05) is 16.5 Å².